The second kappa shape index (κ2) is 7.66. The first-order valence-corrected chi connectivity index (χ1v) is 9.58. The van der Waals surface area contributed by atoms with Gasteiger partial charge in [-0.15, -0.1) is 4.83 Å². The molecule has 0 spiro atoms. The van der Waals surface area contributed by atoms with Crippen molar-refractivity contribution >= 4 is 27.5 Å². The fourth-order valence-corrected chi connectivity index (χ4v) is 3.43. The van der Waals surface area contributed by atoms with E-state index in [0.29, 0.717) is 11.3 Å². The lowest BCUT2D eigenvalue weighted by Gasteiger charge is -2.10. The number of hydrogen-bond acceptors (Lipinski definition) is 4. The molecule has 0 saturated carbocycles. The van der Waals surface area contributed by atoms with Crippen molar-refractivity contribution in [2.24, 2.45) is 7.05 Å². The highest BCUT2D eigenvalue weighted by Gasteiger charge is 2.21. The van der Waals surface area contributed by atoms with Crippen LogP contribution in [0.15, 0.2) is 53.8 Å². The first-order valence-electron chi connectivity index (χ1n) is 7.72. The summed E-state index contributed by atoms with van der Waals surface area (Å²) in [6, 6.07) is 6.66. The maximum Gasteiger partial charge on any atom is 0.269 e. The molecule has 28 heavy (non-hydrogen) atoms. The minimum Gasteiger partial charge on any atom is -0.340 e. The SMILES string of the molecule is Cn1cnc(-c2cc(Cl)c(F)c(C(=O)NNS(=O)(=O)c3cccc(F)c3)c2)c1. The molecule has 0 radical (unpaired) electrons. The smallest absolute Gasteiger partial charge is 0.269 e. The number of nitrogens with zero attached hydrogens (tertiary/aromatic N) is 2. The second-order valence-electron chi connectivity index (χ2n) is 5.76. The van der Waals surface area contributed by atoms with Crippen molar-refractivity contribution < 1.29 is 22.0 Å². The minimum atomic E-state index is -4.26. The van der Waals surface area contributed by atoms with Crippen molar-refractivity contribution in [1.29, 1.82) is 0 Å². The van der Waals surface area contributed by atoms with E-state index in [-0.39, 0.29) is 5.02 Å². The molecule has 0 aliphatic rings. The predicted molar refractivity (Wildman–Crippen MR) is 97.8 cm³/mol. The average Bonchev–Trinajstić information content (AvgIpc) is 3.08. The molecule has 7 nitrogen and oxygen atoms in total. The Morgan fingerprint density at radius 2 is 1.96 bits per heavy atom. The largest absolute Gasteiger partial charge is 0.340 e. The van der Waals surface area contributed by atoms with E-state index < -0.39 is 38.0 Å². The zero-order valence-corrected chi connectivity index (χ0v) is 15.9. The number of aromatic nitrogens is 2. The van der Waals surface area contributed by atoms with E-state index >= 15 is 0 Å². The van der Waals surface area contributed by atoms with Gasteiger partial charge >= 0.3 is 0 Å². The third kappa shape index (κ3) is 4.19. The van der Waals surface area contributed by atoms with Crippen LogP contribution in [-0.4, -0.2) is 23.9 Å². The Morgan fingerprint density at radius 1 is 1.21 bits per heavy atom. The molecule has 0 fully saturated rings. The van der Waals surface area contributed by atoms with Crippen LogP contribution in [-0.2, 0) is 17.1 Å². The summed E-state index contributed by atoms with van der Waals surface area (Å²) in [6.07, 6.45) is 3.15. The molecular formula is C17H13ClF2N4O3S. The highest BCUT2D eigenvalue weighted by molar-refractivity contribution is 7.89. The van der Waals surface area contributed by atoms with Crippen LogP contribution < -0.4 is 10.3 Å². The monoisotopic (exact) mass is 426 g/mol. The van der Waals surface area contributed by atoms with Gasteiger partial charge in [-0.3, -0.25) is 10.2 Å². The zero-order valence-electron chi connectivity index (χ0n) is 14.3. The molecule has 1 heterocycles. The van der Waals surface area contributed by atoms with Gasteiger partial charge in [0.2, 0.25) is 0 Å². The normalized spacial score (nSPS) is 11.4. The standard InChI is InChI=1S/C17H13ClF2N4O3S/c1-24-8-15(21-9-24)10-5-13(16(20)14(18)6-10)17(25)22-23-28(26,27)12-4-2-3-11(19)7-12/h2-9,23H,1H3,(H,22,25). The Labute approximate surface area is 164 Å². The number of hydrazine groups is 1. The number of amides is 1. The van der Waals surface area contributed by atoms with Gasteiger partial charge in [-0.25, -0.2) is 22.2 Å². The van der Waals surface area contributed by atoms with Crippen LogP contribution in [0.3, 0.4) is 0 Å². The molecule has 1 amide bonds. The van der Waals surface area contributed by atoms with Crippen molar-refractivity contribution in [2.45, 2.75) is 4.90 Å². The fraction of sp³-hybridized carbons (Fsp3) is 0.0588. The van der Waals surface area contributed by atoms with Crippen LogP contribution in [0, 0.1) is 11.6 Å². The molecule has 1 aromatic heterocycles. The summed E-state index contributed by atoms with van der Waals surface area (Å²) in [6.45, 7) is 0. The number of hydrogen-bond donors (Lipinski definition) is 2. The van der Waals surface area contributed by atoms with Gasteiger partial charge in [0.05, 0.1) is 27.5 Å². The van der Waals surface area contributed by atoms with Crippen molar-refractivity contribution in [1.82, 2.24) is 19.8 Å². The lowest BCUT2D eigenvalue weighted by molar-refractivity contribution is 0.0941. The van der Waals surface area contributed by atoms with Gasteiger partial charge in [-0.2, -0.15) is 0 Å². The van der Waals surface area contributed by atoms with Crippen molar-refractivity contribution in [3.63, 3.8) is 0 Å². The lowest BCUT2D eigenvalue weighted by atomic mass is 10.1. The van der Waals surface area contributed by atoms with Crippen molar-refractivity contribution in [3.05, 3.63) is 71.1 Å². The Hall–Kier alpha value is -2.82. The Bertz CT molecular complexity index is 1160. The van der Waals surface area contributed by atoms with E-state index in [4.69, 9.17) is 11.6 Å². The van der Waals surface area contributed by atoms with Crippen LogP contribution >= 0.6 is 11.6 Å². The molecule has 0 unspecified atom stereocenters. The van der Waals surface area contributed by atoms with E-state index in [9.17, 15) is 22.0 Å². The number of sulfonamides is 1. The van der Waals surface area contributed by atoms with Crippen LogP contribution in [0.1, 0.15) is 10.4 Å². The van der Waals surface area contributed by atoms with Crippen molar-refractivity contribution in [2.75, 3.05) is 0 Å². The highest BCUT2D eigenvalue weighted by Crippen LogP contribution is 2.27. The number of carbonyl (C=O) groups is 1. The summed E-state index contributed by atoms with van der Waals surface area (Å²) >= 11 is 5.85. The molecule has 0 aliphatic carbocycles. The number of carbonyl (C=O) groups excluding carboxylic acids is 1. The van der Waals surface area contributed by atoms with Gasteiger partial charge in [-0.05, 0) is 30.3 Å². The molecule has 3 aromatic rings. The third-order valence-electron chi connectivity index (χ3n) is 3.68. The number of aryl methyl sites for hydroxylation is 1. The van der Waals surface area contributed by atoms with Gasteiger partial charge < -0.3 is 4.57 Å². The van der Waals surface area contributed by atoms with E-state index in [0.717, 1.165) is 18.2 Å². The summed E-state index contributed by atoms with van der Waals surface area (Å²) in [7, 11) is -2.53. The van der Waals surface area contributed by atoms with Crippen LogP contribution in [0.25, 0.3) is 11.3 Å². The summed E-state index contributed by atoms with van der Waals surface area (Å²) in [5.74, 6) is -2.88. The summed E-state index contributed by atoms with van der Waals surface area (Å²) in [5, 5.41) is -0.332. The molecule has 3 rings (SSSR count). The molecule has 0 aliphatic heterocycles. The first kappa shape index (κ1) is 19.9. The third-order valence-corrected chi connectivity index (χ3v) is 5.20. The highest BCUT2D eigenvalue weighted by atomic mass is 35.5. The number of nitrogens with one attached hydrogen (secondary N) is 2. The topological polar surface area (TPSA) is 93.1 Å². The quantitative estimate of drug-likeness (QED) is 0.613. The molecule has 0 saturated heterocycles. The van der Waals surface area contributed by atoms with Gasteiger partial charge in [0, 0.05) is 18.8 Å². The number of benzene rings is 2. The van der Waals surface area contributed by atoms with E-state index in [1.807, 2.05) is 5.43 Å². The van der Waals surface area contributed by atoms with Gasteiger partial charge in [0.25, 0.3) is 15.9 Å². The molecule has 2 aromatic carbocycles. The number of rotatable bonds is 5. The van der Waals surface area contributed by atoms with Gasteiger partial charge in [0.15, 0.2) is 5.82 Å². The summed E-state index contributed by atoms with van der Waals surface area (Å²) < 4.78 is 53.4. The van der Waals surface area contributed by atoms with E-state index in [2.05, 4.69) is 4.98 Å². The van der Waals surface area contributed by atoms with E-state index in [1.165, 1.54) is 24.5 Å². The number of halogens is 3. The molecule has 11 heteroatoms. The second-order valence-corrected chi connectivity index (χ2v) is 7.85. The predicted octanol–water partition coefficient (Wildman–Crippen LogP) is 2.64. The van der Waals surface area contributed by atoms with Crippen LogP contribution in [0.4, 0.5) is 8.78 Å². The van der Waals surface area contributed by atoms with Crippen LogP contribution in [0.2, 0.25) is 5.02 Å². The average molecular weight is 427 g/mol. The number of imidazole rings is 1. The first-order chi connectivity index (χ1) is 13.2. The molecule has 146 valence electrons. The molecule has 2 N–H and O–H groups in total. The fourth-order valence-electron chi connectivity index (χ4n) is 2.34. The van der Waals surface area contributed by atoms with Crippen molar-refractivity contribution in [3.8, 4) is 11.3 Å². The summed E-state index contributed by atoms with van der Waals surface area (Å²) in [4.78, 5) is 17.8. The molecular weight excluding hydrogens is 414 g/mol. The van der Waals surface area contributed by atoms with Crippen LogP contribution in [0.5, 0.6) is 0 Å². The van der Waals surface area contributed by atoms with Gasteiger partial charge in [0.1, 0.15) is 5.82 Å². The maximum atomic E-state index is 14.3. The summed E-state index contributed by atoms with van der Waals surface area (Å²) in [5.41, 5.74) is 2.20. The minimum absolute atomic E-state index is 0.332. The molecule has 0 atom stereocenters. The Balaban J connectivity index is 1.85. The van der Waals surface area contributed by atoms with Gasteiger partial charge in [-0.1, -0.05) is 17.7 Å². The zero-order chi connectivity index (χ0) is 20.5. The Morgan fingerprint density at radius 3 is 2.61 bits per heavy atom. The maximum absolute atomic E-state index is 14.3. The lowest BCUT2D eigenvalue weighted by Crippen LogP contribution is -2.41. The molecule has 0 bridgehead atoms. The Kier molecular flexibility index (Phi) is 5.45. The van der Waals surface area contributed by atoms with E-state index in [1.54, 1.807) is 22.6 Å².